The molecule has 102 valence electrons. The lowest BCUT2D eigenvalue weighted by Crippen LogP contribution is -2.47. The van der Waals surface area contributed by atoms with E-state index >= 15 is 0 Å². The average Bonchev–Trinajstić information content (AvgIpc) is 2.48. The van der Waals surface area contributed by atoms with Gasteiger partial charge in [0.05, 0.1) is 7.11 Å². The molecule has 0 aliphatic carbocycles. The maximum atomic E-state index is 12.6. The van der Waals surface area contributed by atoms with E-state index in [1.165, 1.54) is 0 Å². The van der Waals surface area contributed by atoms with Crippen molar-refractivity contribution >= 4 is 5.91 Å². The molecule has 4 heteroatoms. The summed E-state index contributed by atoms with van der Waals surface area (Å²) < 4.78 is 10.6. The Bertz CT molecular complexity index is 480. The molecule has 1 aromatic carbocycles. The first-order valence-electron chi connectivity index (χ1n) is 6.85. The van der Waals surface area contributed by atoms with E-state index in [9.17, 15) is 4.79 Å². The zero-order valence-corrected chi connectivity index (χ0v) is 11.2. The van der Waals surface area contributed by atoms with Gasteiger partial charge in [0.25, 0.3) is 5.91 Å². The van der Waals surface area contributed by atoms with Gasteiger partial charge in [-0.1, -0.05) is 0 Å². The van der Waals surface area contributed by atoms with Gasteiger partial charge in [0.2, 0.25) is 0 Å². The number of rotatable bonds is 2. The Labute approximate surface area is 113 Å². The van der Waals surface area contributed by atoms with E-state index < -0.39 is 0 Å². The van der Waals surface area contributed by atoms with E-state index in [4.69, 9.17) is 9.47 Å². The highest BCUT2D eigenvalue weighted by Gasteiger charge is 2.30. The molecule has 19 heavy (non-hydrogen) atoms. The lowest BCUT2D eigenvalue weighted by atomic mass is 9.95. The molecule has 0 aromatic heterocycles. The largest absolute Gasteiger partial charge is 0.497 e. The molecule has 0 saturated carbocycles. The highest BCUT2D eigenvalue weighted by atomic mass is 16.5. The maximum Gasteiger partial charge on any atom is 0.254 e. The summed E-state index contributed by atoms with van der Waals surface area (Å²) >= 11 is 0. The monoisotopic (exact) mass is 261 g/mol. The molecule has 3 rings (SSSR count). The van der Waals surface area contributed by atoms with Gasteiger partial charge in [0, 0.05) is 31.4 Å². The summed E-state index contributed by atoms with van der Waals surface area (Å²) in [5.74, 6) is 0.988. The highest BCUT2D eigenvalue weighted by molar-refractivity contribution is 5.97. The molecule has 0 spiro atoms. The van der Waals surface area contributed by atoms with Crippen LogP contribution in [-0.2, 0) is 11.2 Å². The first-order valence-corrected chi connectivity index (χ1v) is 6.85. The fraction of sp³-hybridized carbons (Fsp3) is 0.533. The number of amides is 1. The van der Waals surface area contributed by atoms with Gasteiger partial charge in [-0.05, 0) is 43.0 Å². The Morgan fingerprint density at radius 1 is 1.32 bits per heavy atom. The van der Waals surface area contributed by atoms with Crippen LogP contribution in [-0.4, -0.2) is 43.7 Å². The van der Waals surface area contributed by atoms with Crippen LogP contribution in [0.4, 0.5) is 0 Å². The van der Waals surface area contributed by atoms with Crippen molar-refractivity contribution < 1.29 is 14.3 Å². The Morgan fingerprint density at radius 3 is 2.84 bits per heavy atom. The minimum atomic E-state index is 0.163. The van der Waals surface area contributed by atoms with Crippen molar-refractivity contribution in [2.24, 2.45) is 0 Å². The van der Waals surface area contributed by atoms with Crippen molar-refractivity contribution in [2.75, 3.05) is 26.9 Å². The van der Waals surface area contributed by atoms with E-state index in [-0.39, 0.29) is 5.91 Å². The molecular formula is C15H19NO3. The third kappa shape index (κ3) is 2.32. The molecule has 2 heterocycles. The summed E-state index contributed by atoms with van der Waals surface area (Å²) in [5.41, 5.74) is 1.94. The number of fused-ring (bicyclic) bond motifs is 1. The smallest absolute Gasteiger partial charge is 0.254 e. The molecule has 1 saturated heterocycles. The number of benzene rings is 1. The number of nitrogens with zero attached hydrogens (tertiary/aromatic N) is 1. The molecule has 2 aliphatic heterocycles. The topological polar surface area (TPSA) is 38.8 Å². The van der Waals surface area contributed by atoms with Crippen LogP contribution in [0.5, 0.6) is 5.75 Å². The summed E-state index contributed by atoms with van der Waals surface area (Å²) in [5, 5.41) is 0. The molecule has 0 radical (unpaired) electrons. The van der Waals surface area contributed by atoms with Crippen LogP contribution < -0.4 is 4.74 Å². The van der Waals surface area contributed by atoms with Gasteiger partial charge in [0.1, 0.15) is 5.75 Å². The molecule has 1 aromatic rings. The Balaban J connectivity index is 1.83. The molecule has 2 aliphatic rings. The Kier molecular flexibility index (Phi) is 3.42. The van der Waals surface area contributed by atoms with E-state index in [1.54, 1.807) is 7.11 Å². The molecule has 1 fully saturated rings. The predicted octanol–water partition coefficient (Wildman–Crippen LogP) is 1.87. The van der Waals surface area contributed by atoms with Gasteiger partial charge in [-0.15, -0.1) is 0 Å². The SMILES string of the molecule is COc1ccc2c(c1)CCN(C1CCOCC1)C2=O. The normalized spacial score (nSPS) is 20.3. The van der Waals surface area contributed by atoms with Gasteiger partial charge in [0.15, 0.2) is 0 Å². The summed E-state index contributed by atoms with van der Waals surface area (Å²) in [6.45, 7) is 2.34. The Morgan fingerprint density at radius 2 is 2.11 bits per heavy atom. The van der Waals surface area contributed by atoms with Crippen molar-refractivity contribution in [2.45, 2.75) is 25.3 Å². The summed E-state index contributed by atoms with van der Waals surface area (Å²) in [6, 6.07) is 6.08. The number of carbonyl (C=O) groups excluding carboxylic acids is 1. The van der Waals surface area contributed by atoms with Crippen LogP contribution >= 0.6 is 0 Å². The predicted molar refractivity (Wildman–Crippen MR) is 71.6 cm³/mol. The Hall–Kier alpha value is -1.55. The lowest BCUT2D eigenvalue weighted by Gasteiger charge is -2.37. The molecule has 0 bridgehead atoms. The van der Waals surface area contributed by atoms with E-state index in [2.05, 4.69) is 0 Å². The van der Waals surface area contributed by atoms with E-state index in [0.717, 1.165) is 55.9 Å². The van der Waals surface area contributed by atoms with E-state index in [1.807, 2.05) is 23.1 Å². The second-order valence-electron chi connectivity index (χ2n) is 5.12. The molecule has 0 atom stereocenters. The van der Waals surface area contributed by atoms with Gasteiger partial charge in [-0.25, -0.2) is 0 Å². The summed E-state index contributed by atoms with van der Waals surface area (Å²) in [7, 11) is 1.65. The van der Waals surface area contributed by atoms with E-state index in [0.29, 0.717) is 6.04 Å². The minimum Gasteiger partial charge on any atom is -0.497 e. The number of hydrogen-bond donors (Lipinski definition) is 0. The van der Waals surface area contributed by atoms with Gasteiger partial charge >= 0.3 is 0 Å². The number of hydrogen-bond acceptors (Lipinski definition) is 3. The number of ether oxygens (including phenoxy) is 2. The molecule has 1 amide bonds. The zero-order chi connectivity index (χ0) is 13.2. The van der Waals surface area contributed by atoms with Crippen LogP contribution in [0.2, 0.25) is 0 Å². The third-order valence-corrected chi connectivity index (χ3v) is 4.06. The first-order chi connectivity index (χ1) is 9.29. The molecule has 0 N–H and O–H groups in total. The van der Waals surface area contributed by atoms with Crippen molar-refractivity contribution in [3.63, 3.8) is 0 Å². The second kappa shape index (κ2) is 5.21. The molecular weight excluding hydrogens is 242 g/mol. The van der Waals surface area contributed by atoms with Crippen molar-refractivity contribution in [3.8, 4) is 5.75 Å². The quantitative estimate of drug-likeness (QED) is 0.816. The van der Waals surface area contributed by atoms with Crippen molar-refractivity contribution in [1.82, 2.24) is 4.90 Å². The molecule has 0 unspecified atom stereocenters. The van der Waals surface area contributed by atoms with Crippen LogP contribution in [0.3, 0.4) is 0 Å². The number of methoxy groups -OCH3 is 1. The van der Waals surface area contributed by atoms with Crippen LogP contribution in [0, 0.1) is 0 Å². The summed E-state index contributed by atoms with van der Waals surface area (Å²) in [6.07, 6.45) is 2.82. The van der Waals surface area contributed by atoms with Gasteiger partial charge < -0.3 is 14.4 Å². The second-order valence-corrected chi connectivity index (χ2v) is 5.12. The maximum absolute atomic E-state index is 12.6. The van der Waals surface area contributed by atoms with Gasteiger partial charge in [-0.3, -0.25) is 4.79 Å². The summed E-state index contributed by atoms with van der Waals surface area (Å²) in [4.78, 5) is 14.6. The fourth-order valence-electron chi connectivity index (χ4n) is 2.95. The van der Waals surface area contributed by atoms with Gasteiger partial charge in [-0.2, -0.15) is 0 Å². The van der Waals surface area contributed by atoms with Crippen LogP contribution in [0.15, 0.2) is 18.2 Å². The third-order valence-electron chi connectivity index (χ3n) is 4.06. The lowest BCUT2D eigenvalue weighted by molar-refractivity contribution is 0.0276. The first kappa shape index (κ1) is 12.5. The molecule has 4 nitrogen and oxygen atoms in total. The highest BCUT2D eigenvalue weighted by Crippen LogP contribution is 2.27. The van der Waals surface area contributed by atoms with Crippen LogP contribution in [0.25, 0.3) is 0 Å². The standard InChI is InChI=1S/C15H19NO3/c1-18-13-2-3-14-11(10-13)4-7-16(15(14)17)12-5-8-19-9-6-12/h2-3,10,12H,4-9H2,1H3. The fourth-order valence-corrected chi connectivity index (χ4v) is 2.95. The van der Waals surface area contributed by atoms with Crippen molar-refractivity contribution in [1.29, 1.82) is 0 Å². The minimum absolute atomic E-state index is 0.163. The number of carbonyl (C=O) groups is 1. The zero-order valence-electron chi connectivity index (χ0n) is 11.2. The van der Waals surface area contributed by atoms with Crippen molar-refractivity contribution in [3.05, 3.63) is 29.3 Å². The average molecular weight is 261 g/mol. The van der Waals surface area contributed by atoms with Crippen LogP contribution in [0.1, 0.15) is 28.8 Å².